The topological polar surface area (TPSA) is 100.0 Å². The van der Waals surface area contributed by atoms with Crippen molar-refractivity contribution in [2.45, 2.75) is 62.0 Å². The number of benzene rings is 1. The second kappa shape index (κ2) is 8.51. The predicted octanol–water partition coefficient (Wildman–Crippen LogP) is 2.93. The standard InChI is InChI=1S/C24H28N4O4S2/c1-16-5-7-19(8-6-16)34(31,32)26-17(2)23(30)28-11-10-24(9-3-4-20(24)28)25-22(29)18-14-21-27(15-18)12-13-33-21/h5-8,12-15,17,20,26H,3-4,9-11H2,1-2H3,(H,25,29)/t17-,20-,24+/m0/s1. The molecule has 1 saturated heterocycles. The van der Waals surface area contributed by atoms with E-state index in [1.807, 2.05) is 35.2 Å². The number of aromatic nitrogens is 1. The fourth-order valence-corrected chi connectivity index (χ4v) is 7.28. The number of hydrogen-bond acceptors (Lipinski definition) is 5. The van der Waals surface area contributed by atoms with Crippen LogP contribution in [0, 0.1) is 6.92 Å². The maximum atomic E-state index is 13.3. The van der Waals surface area contributed by atoms with E-state index in [0.29, 0.717) is 18.5 Å². The number of thiazole rings is 1. The highest BCUT2D eigenvalue weighted by Crippen LogP contribution is 2.42. The molecule has 0 spiro atoms. The number of nitrogens with zero attached hydrogens (tertiary/aromatic N) is 2. The van der Waals surface area contributed by atoms with E-state index < -0.39 is 21.6 Å². The van der Waals surface area contributed by atoms with E-state index in [9.17, 15) is 18.0 Å². The molecular formula is C24H28N4O4S2. The lowest BCUT2D eigenvalue weighted by atomic mass is 9.92. The maximum absolute atomic E-state index is 13.3. The Hall–Kier alpha value is -2.69. The number of carbonyl (C=O) groups excluding carboxylic acids is 2. The molecule has 2 fully saturated rings. The first-order valence-electron chi connectivity index (χ1n) is 11.5. The van der Waals surface area contributed by atoms with Crippen molar-refractivity contribution in [1.29, 1.82) is 0 Å². The van der Waals surface area contributed by atoms with Gasteiger partial charge in [-0.2, -0.15) is 4.72 Å². The zero-order chi connectivity index (χ0) is 24.1. The number of likely N-dealkylation sites (tertiary alicyclic amines) is 1. The monoisotopic (exact) mass is 500 g/mol. The van der Waals surface area contributed by atoms with Crippen LogP contribution in [0.5, 0.6) is 0 Å². The van der Waals surface area contributed by atoms with Crippen LogP contribution in [0.3, 0.4) is 0 Å². The number of nitrogens with one attached hydrogen (secondary N) is 2. The molecule has 3 atom stereocenters. The summed E-state index contributed by atoms with van der Waals surface area (Å²) >= 11 is 1.57. The van der Waals surface area contributed by atoms with Gasteiger partial charge < -0.3 is 14.6 Å². The van der Waals surface area contributed by atoms with Crippen LogP contribution in [-0.4, -0.2) is 53.7 Å². The Bertz CT molecular complexity index is 1320. The van der Waals surface area contributed by atoms with Gasteiger partial charge in [-0.1, -0.05) is 17.7 Å². The Balaban J connectivity index is 1.29. The van der Waals surface area contributed by atoms with Crippen molar-refractivity contribution in [3.63, 3.8) is 0 Å². The minimum atomic E-state index is -3.82. The lowest BCUT2D eigenvalue weighted by Crippen LogP contribution is -2.56. The van der Waals surface area contributed by atoms with Crippen LogP contribution in [-0.2, 0) is 14.8 Å². The molecule has 8 nitrogen and oxygen atoms in total. The Morgan fingerprint density at radius 2 is 1.97 bits per heavy atom. The van der Waals surface area contributed by atoms with Crippen molar-refractivity contribution in [2.24, 2.45) is 0 Å². The molecule has 34 heavy (non-hydrogen) atoms. The van der Waals surface area contributed by atoms with Crippen molar-refractivity contribution in [3.8, 4) is 0 Å². The summed E-state index contributed by atoms with van der Waals surface area (Å²) in [6, 6.07) is 7.36. The van der Waals surface area contributed by atoms with Gasteiger partial charge in [0.15, 0.2) is 0 Å². The molecule has 1 aliphatic heterocycles. The molecule has 2 aromatic heterocycles. The summed E-state index contributed by atoms with van der Waals surface area (Å²) in [5, 5.41) is 5.21. The molecule has 0 bridgehead atoms. The lowest BCUT2D eigenvalue weighted by molar-refractivity contribution is -0.133. The normalized spacial score (nSPS) is 23.2. The highest BCUT2D eigenvalue weighted by Gasteiger charge is 2.53. The van der Waals surface area contributed by atoms with Gasteiger partial charge >= 0.3 is 0 Å². The second-order valence-electron chi connectivity index (χ2n) is 9.33. The second-order valence-corrected chi connectivity index (χ2v) is 12.0. The highest BCUT2D eigenvalue weighted by atomic mass is 32.2. The molecule has 1 aromatic carbocycles. The van der Waals surface area contributed by atoms with Crippen LogP contribution < -0.4 is 10.0 Å². The van der Waals surface area contributed by atoms with Crippen LogP contribution in [0.2, 0.25) is 0 Å². The number of rotatable bonds is 6. The first-order chi connectivity index (χ1) is 16.2. The summed E-state index contributed by atoms with van der Waals surface area (Å²) in [7, 11) is -3.82. The SMILES string of the molecule is Cc1ccc(S(=O)(=O)N[C@@H](C)C(=O)N2CC[C@]3(NC(=O)c4cc5sccn5c4)CCC[C@H]23)cc1. The predicted molar refractivity (Wildman–Crippen MR) is 130 cm³/mol. The van der Waals surface area contributed by atoms with Crippen molar-refractivity contribution in [2.75, 3.05) is 6.54 Å². The Labute approximate surface area is 203 Å². The fourth-order valence-electron chi connectivity index (χ4n) is 5.32. The van der Waals surface area contributed by atoms with Gasteiger partial charge in [0.25, 0.3) is 5.91 Å². The summed E-state index contributed by atoms with van der Waals surface area (Å²) in [6.07, 6.45) is 6.90. The number of carbonyl (C=O) groups is 2. The van der Waals surface area contributed by atoms with Gasteiger partial charge in [0, 0.05) is 24.3 Å². The van der Waals surface area contributed by atoms with Crippen LogP contribution >= 0.6 is 11.3 Å². The molecule has 0 radical (unpaired) electrons. The van der Waals surface area contributed by atoms with Gasteiger partial charge in [-0.25, -0.2) is 8.42 Å². The molecule has 3 aromatic rings. The van der Waals surface area contributed by atoms with Crippen molar-refractivity contribution in [3.05, 3.63) is 59.2 Å². The minimum Gasteiger partial charge on any atom is -0.344 e. The van der Waals surface area contributed by atoms with Crippen molar-refractivity contribution >= 4 is 38.0 Å². The van der Waals surface area contributed by atoms with E-state index in [4.69, 9.17) is 0 Å². The zero-order valence-electron chi connectivity index (χ0n) is 19.2. The molecule has 1 saturated carbocycles. The highest BCUT2D eigenvalue weighted by molar-refractivity contribution is 7.89. The van der Waals surface area contributed by atoms with Crippen LogP contribution in [0.15, 0.2) is 53.0 Å². The van der Waals surface area contributed by atoms with E-state index in [-0.39, 0.29) is 22.8 Å². The fraction of sp³-hybridized carbons (Fsp3) is 0.417. The molecule has 5 rings (SSSR count). The van der Waals surface area contributed by atoms with Crippen molar-refractivity contribution in [1.82, 2.24) is 19.3 Å². The Morgan fingerprint density at radius 3 is 2.71 bits per heavy atom. The quantitative estimate of drug-likeness (QED) is 0.544. The lowest BCUT2D eigenvalue weighted by Gasteiger charge is -2.34. The molecule has 10 heteroatoms. The van der Waals surface area contributed by atoms with E-state index in [1.165, 1.54) is 12.1 Å². The summed E-state index contributed by atoms with van der Waals surface area (Å²) in [5.74, 6) is -0.395. The number of fused-ring (bicyclic) bond motifs is 2. The summed E-state index contributed by atoms with van der Waals surface area (Å²) < 4.78 is 30.0. The molecule has 2 amide bonds. The summed E-state index contributed by atoms with van der Waals surface area (Å²) in [5.41, 5.74) is 1.09. The van der Waals surface area contributed by atoms with Gasteiger partial charge in [-0.05, 0) is 57.7 Å². The molecular weight excluding hydrogens is 472 g/mol. The average molecular weight is 501 g/mol. The number of amides is 2. The molecule has 2 aliphatic rings. The first-order valence-corrected chi connectivity index (χ1v) is 13.8. The van der Waals surface area contributed by atoms with E-state index in [2.05, 4.69) is 10.0 Å². The summed E-state index contributed by atoms with van der Waals surface area (Å²) in [4.78, 5) is 29.3. The van der Waals surface area contributed by atoms with Gasteiger partial charge in [0.2, 0.25) is 15.9 Å². The maximum Gasteiger partial charge on any atom is 0.253 e. The smallest absolute Gasteiger partial charge is 0.253 e. The van der Waals surface area contributed by atoms with Gasteiger partial charge in [0.1, 0.15) is 0 Å². The number of aryl methyl sites for hydroxylation is 1. The van der Waals surface area contributed by atoms with Crippen molar-refractivity contribution < 1.29 is 18.0 Å². The first kappa shape index (κ1) is 23.1. The third-order valence-corrected chi connectivity index (χ3v) is 9.46. The van der Waals surface area contributed by atoms with Crippen LogP contribution in [0.25, 0.3) is 4.83 Å². The van der Waals surface area contributed by atoms with E-state index in [1.54, 1.807) is 35.3 Å². The van der Waals surface area contributed by atoms with Crippen LogP contribution in [0.4, 0.5) is 0 Å². The van der Waals surface area contributed by atoms with E-state index in [0.717, 1.165) is 29.7 Å². The molecule has 180 valence electrons. The van der Waals surface area contributed by atoms with E-state index >= 15 is 0 Å². The van der Waals surface area contributed by atoms with Gasteiger partial charge in [0.05, 0.1) is 32.9 Å². The summed E-state index contributed by atoms with van der Waals surface area (Å²) in [6.45, 7) is 3.95. The number of sulfonamides is 1. The molecule has 0 unspecified atom stereocenters. The Kier molecular flexibility index (Phi) is 5.78. The molecule has 2 N–H and O–H groups in total. The van der Waals surface area contributed by atoms with Crippen LogP contribution in [0.1, 0.15) is 48.5 Å². The van der Waals surface area contributed by atoms with Gasteiger partial charge in [-0.3, -0.25) is 9.59 Å². The van der Waals surface area contributed by atoms with Gasteiger partial charge in [-0.15, -0.1) is 11.3 Å². The number of hydrogen-bond donors (Lipinski definition) is 2. The largest absolute Gasteiger partial charge is 0.344 e. The zero-order valence-corrected chi connectivity index (χ0v) is 20.8. The molecule has 3 heterocycles. The third kappa shape index (κ3) is 4.03. The minimum absolute atomic E-state index is 0.133. The third-order valence-electron chi connectivity index (χ3n) is 7.08. The Morgan fingerprint density at radius 1 is 1.21 bits per heavy atom. The average Bonchev–Trinajstić information content (AvgIpc) is 3.53. The molecule has 1 aliphatic carbocycles.